The molecule has 1 saturated heterocycles. The highest BCUT2D eigenvalue weighted by atomic mass is 19.1. The Morgan fingerprint density at radius 3 is 2.89 bits per heavy atom. The predicted octanol–water partition coefficient (Wildman–Crippen LogP) is -1.00. The number of nitrogens with two attached hydrogens (primary N) is 1. The van der Waals surface area contributed by atoms with Gasteiger partial charge in [0.15, 0.2) is 23.9 Å². The molecule has 0 radical (unpaired) electrons. The first-order valence-electron chi connectivity index (χ1n) is 5.65. The first-order valence-corrected chi connectivity index (χ1v) is 5.65. The molecule has 0 aromatic carbocycles. The lowest BCUT2D eigenvalue weighted by molar-refractivity contribution is -0.0495. The molecule has 0 bridgehead atoms. The molecular formula is C10H12FN5O3. The molecule has 8 nitrogen and oxygen atoms in total. The second-order valence-electron chi connectivity index (χ2n) is 4.27. The van der Waals surface area contributed by atoms with Gasteiger partial charge < -0.3 is 20.7 Å². The van der Waals surface area contributed by atoms with E-state index >= 15 is 0 Å². The van der Waals surface area contributed by atoms with E-state index in [0.29, 0.717) is 11.2 Å². The molecule has 9 heteroatoms. The van der Waals surface area contributed by atoms with Crippen molar-refractivity contribution in [2.75, 3.05) is 12.3 Å². The van der Waals surface area contributed by atoms with Gasteiger partial charge in [-0.05, 0) is 0 Å². The summed E-state index contributed by atoms with van der Waals surface area (Å²) in [6.45, 7) is -0.515. The molecule has 4 N–H and O–H groups in total. The van der Waals surface area contributed by atoms with E-state index in [9.17, 15) is 9.50 Å². The number of hydrogen-bond donors (Lipinski definition) is 3. The average Bonchev–Trinajstić information content (AvgIpc) is 2.94. The molecule has 1 aliphatic heterocycles. The second kappa shape index (κ2) is 4.37. The number of imidazole rings is 1. The van der Waals surface area contributed by atoms with Gasteiger partial charge in [-0.2, -0.15) is 0 Å². The minimum atomic E-state index is -1.67. The van der Waals surface area contributed by atoms with Crippen molar-refractivity contribution in [3.63, 3.8) is 0 Å². The fourth-order valence-electron chi connectivity index (χ4n) is 2.14. The molecular weight excluding hydrogens is 257 g/mol. The number of aliphatic hydroxyl groups is 2. The second-order valence-corrected chi connectivity index (χ2v) is 4.27. The summed E-state index contributed by atoms with van der Waals surface area (Å²) in [6.07, 6.45) is -2.58. The van der Waals surface area contributed by atoms with E-state index in [2.05, 4.69) is 15.0 Å². The van der Waals surface area contributed by atoms with Gasteiger partial charge in [0.05, 0.1) is 12.9 Å². The van der Waals surface area contributed by atoms with Gasteiger partial charge in [-0.1, -0.05) is 0 Å². The third-order valence-electron chi connectivity index (χ3n) is 3.13. The van der Waals surface area contributed by atoms with Crippen molar-refractivity contribution in [1.82, 2.24) is 19.5 Å². The predicted molar refractivity (Wildman–Crippen MR) is 61.6 cm³/mol. The molecule has 4 atom stereocenters. The van der Waals surface area contributed by atoms with E-state index in [1.54, 1.807) is 0 Å². The van der Waals surface area contributed by atoms with Gasteiger partial charge in [-0.15, -0.1) is 0 Å². The lowest BCUT2D eigenvalue weighted by atomic mass is 10.1. The molecule has 2 aromatic heterocycles. The Hall–Kier alpha value is -1.84. The van der Waals surface area contributed by atoms with Gasteiger partial charge in [0.1, 0.15) is 24.1 Å². The summed E-state index contributed by atoms with van der Waals surface area (Å²) in [5.74, 6) is 0.187. The van der Waals surface area contributed by atoms with Gasteiger partial charge in [-0.25, -0.2) is 19.3 Å². The van der Waals surface area contributed by atoms with Gasteiger partial charge >= 0.3 is 0 Å². The number of hydrogen-bond acceptors (Lipinski definition) is 7. The van der Waals surface area contributed by atoms with E-state index < -0.39 is 31.2 Å². The summed E-state index contributed by atoms with van der Waals surface area (Å²) in [7, 11) is 0. The fourth-order valence-corrected chi connectivity index (χ4v) is 2.14. The van der Waals surface area contributed by atoms with Crippen LogP contribution < -0.4 is 5.73 Å². The number of aliphatic hydroxyl groups excluding tert-OH is 2. The molecule has 1 fully saturated rings. The molecule has 3 heterocycles. The molecule has 2 aromatic rings. The number of alkyl halides is 1. The van der Waals surface area contributed by atoms with E-state index in [4.69, 9.17) is 15.6 Å². The topological polar surface area (TPSA) is 119 Å². The first-order chi connectivity index (χ1) is 9.13. The largest absolute Gasteiger partial charge is 0.394 e. The van der Waals surface area contributed by atoms with Crippen LogP contribution in [0.15, 0.2) is 12.7 Å². The van der Waals surface area contributed by atoms with Crippen LogP contribution in [0, 0.1) is 0 Å². The quantitative estimate of drug-likeness (QED) is 0.639. The van der Waals surface area contributed by atoms with Crippen LogP contribution in [0.5, 0.6) is 0 Å². The van der Waals surface area contributed by atoms with Gasteiger partial charge in [0.25, 0.3) is 0 Å². The van der Waals surface area contributed by atoms with Crippen LogP contribution in [-0.4, -0.2) is 54.7 Å². The Morgan fingerprint density at radius 2 is 2.21 bits per heavy atom. The van der Waals surface area contributed by atoms with Crippen LogP contribution >= 0.6 is 0 Å². The van der Waals surface area contributed by atoms with E-state index in [0.717, 1.165) is 0 Å². The number of aromatic nitrogens is 4. The van der Waals surface area contributed by atoms with Crippen LogP contribution in [-0.2, 0) is 4.74 Å². The normalized spacial score (nSPS) is 31.1. The minimum absolute atomic E-state index is 0.187. The first kappa shape index (κ1) is 12.2. The highest BCUT2D eigenvalue weighted by molar-refractivity contribution is 5.81. The third kappa shape index (κ3) is 1.74. The van der Waals surface area contributed by atoms with Crippen molar-refractivity contribution in [2.45, 2.75) is 24.6 Å². The van der Waals surface area contributed by atoms with Crippen molar-refractivity contribution in [1.29, 1.82) is 0 Å². The lowest BCUT2D eigenvalue weighted by Crippen LogP contribution is -2.29. The van der Waals surface area contributed by atoms with Gasteiger partial charge in [0.2, 0.25) is 0 Å². The molecule has 0 spiro atoms. The molecule has 0 amide bonds. The number of rotatable bonds is 2. The summed E-state index contributed by atoms with van der Waals surface area (Å²) in [5, 5.41) is 18.8. The highest BCUT2D eigenvalue weighted by Crippen LogP contribution is 2.33. The van der Waals surface area contributed by atoms with Crippen molar-refractivity contribution >= 4 is 17.0 Å². The van der Waals surface area contributed by atoms with Crippen molar-refractivity contribution in [3.8, 4) is 0 Å². The highest BCUT2D eigenvalue weighted by Gasteiger charge is 2.45. The van der Waals surface area contributed by atoms with Crippen LogP contribution in [0.4, 0.5) is 10.2 Å². The molecule has 1 aliphatic rings. The Labute approximate surface area is 106 Å². The zero-order chi connectivity index (χ0) is 13.6. The number of nitrogen functional groups attached to an aromatic ring is 1. The summed E-state index contributed by atoms with van der Waals surface area (Å²) in [4.78, 5) is 11.8. The maximum atomic E-state index is 13.7. The van der Waals surface area contributed by atoms with Crippen molar-refractivity contribution in [3.05, 3.63) is 12.7 Å². The Morgan fingerprint density at radius 1 is 1.42 bits per heavy atom. The number of anilines is 1. The van der Waals surface area contributed by atoms with E-state index in [1.165, 1.54) is 17.2 Å². The van der Waals surface area contributed by atoms with Gasteiger partial charge in [0, 0.05) is 0 Å². The monoisotopic (exact) mass is 269 g/mol. The van der Waals surface area contributed by atoms with E-state index in [-0.39, 0.29) is 5.82 Å². The number of halogens is 1. The third-order valence-corrected chi connectivity index (χ3v) is 3.13. The summed E-state index contributed by atoms with van der Waals surface area (Å²) in [5.41, 5.74) is 6.32. The van der Waals surface area contributed by atoms with Crippen molar-refractivity contribution in [2.24, 2.45) is 0 Å². The molecule has 102 valence electrons. The van der Waals surface area contributed by atoms with Crippen LogP contribution in [0.3, 0.4) is 0 Å². The van der Waals surface area contributed by atoms with Crippen molar-refractivity contribution < 1.29 is 19.3 Å². The van der Waals surface area contributed by atoms with Crippen LogP contribution in [0.2, 0.25) is 0 Å². The Kier molecular flexibility index (Phi) is 2.81. The van der Waals surface area contributed by atoms with E-state index in [1.807, 2.05) is 0 Å². The molecule has 0 aliphatic carbocycles. The maximum Gasteiger partial charge on any atom is 0.167 e. The standard InChI is InChI=1S/C10H12FN5O3/c11-5-4(1-17)19-10(7(5)18)16-3-15-6-8(12)13-2-14-9(6)16/h2-5,7,10,17-18H,1H2,(H2,12,13,14)/t4-,5+,7+,10-/m0/s1. The fraction of sp³-hybridized carbons (Fsp3) is 0.500. The maximum absolute atomic E-state index is 13.7. The molecule has 3 rings (SSSR count). The molecule has 19 heavy (non-hydrogen) atoms. The Balaban J connectivity index is 2.04. The Bertz CT molecular complexity index is 606. The zero-order valence-corrected chi connectivity index (χ0v) is 9.72. The number of ether oxygens (including phenoxy) is 1. The van der Waals surface area contributed by atoms with Crippen LogP contribution in [0.1, 0.15) is 6.23 Å². The summed E-state index contributed by atoms with van der Waals surface area (Å²) < 4.78 is 20.3. The summed E-state index contributed by atoms with van der Waals surface area (Å²) >= 11 is 0. The SMILES string of the molecule is Nc1ncnc2c1ncn2[C@H]1O[C@@H](CO)[C@@H](F)[C@H]1O. The van der Waals surface area contributed by atoms with Gasteiger partial charge in [-0.3, -0.25) is 4.57 Å². The van der Waals surface area contributed by atoms with Crippen LogP contribution in [0.25, 0.3) is 11.2 Å². The number of fused-ring (bicyclic) bond motifs is 1. The minimum Gasteiger partial charge on any atom is -0.394 e. The number of nitrogens with zero attached hydrogens (tertiary/aromatic N) is 4. The zero-order valence-electron chi connectivity index (χ0n) is 9.72. The lowest BCUT2D eigenvalue weighted by Gasteiger charge is -2.15. The smallest absolute Gasteiger partial charge is 0.167 e. The average molecular weight is 269 g/mol. The summed E-state index contributed by atoms with van der Waals surface area (Å²) in [6, 6.07) is 0. The molecule has 0 saturated carbocycles. The molecule has 0 unspecified atom stereocenters.